The zero-order chi connectivity index (χ0) is 19.2. The summed E-state index contributed by atoms with van der Waals surface area (Å²) >= 11 is 1.71. The van der Waals surface area contributed by atoms with Crippen LogP contribution < -0.4 is 9.47 Å². The molecule has 0 aliphatic carbocycles. The Morgan fingerprint density at radius 3 is 1.88 bits per heavy atom. The summed E-state index contributed by atoms with van der Waals surface area (Å²) in [5.41, 5.74) is 0.653. The maximum absolute atomic E-state index is 12.9. The highest BCUT2D eigenvalue weighted by Crippen LogP contribution is 2.33. The van der Waals surface area contributed by atoms with E-state index < -0.39 is 0 Å². The van der Waals surface area contributed by atoms with Gasteiger partial charge in [0.1, 0.15) is 17.2 Å². The fraction of sp³-hybridized carbons (Fsp3) is 0.409. The lowest BCUT2D eigenvalue weighted by molar-refractivity contribution is 0.0950. The predicted molar refractivity (Wildman–Crippen MR) is 110 cm³/mol. The number of carbonyl (C=O) groups is 1. The fourth-order valence-corrected chi connectivity index (χ4v) is 3.75. The number of Topliss-reactive ketones (excluding diaryl/α,β-unsaturated/α-hetero) is 1. The highest BCUT2D eigenvalue weighted by atomic mass is 32.2. The minimum atomic E-state index is -0.0742. The minimum Gasteiger partial charge on any atom is -0.494 e. The molecule has 0 aromatic heterocycles. The van der Waals surface area contributed by atoms with E-state index in [1.165, 1.54) is 0 Å². The first-order chi connectivity index (χ1) is 12.3. The average molecular weight is 373 g/mol. The molecule has 0 saturated heterocycles. The topological polar surface area (TPSA) is 35.5 Å². The number of hydrogen-bond acceptors (Lipinski definition) is 4. The average Bonchev–Trinajstić information content (AvgIpc) is 2.61. The van der Waals surface area contributed by atoms with Crippen LogP contribution in [0.15, 0.2) is 48.5 Å². The third-order valence-corrected chi connectivity index (χ3v) is 5.46. The molecule has 0 aliphatic heterocycles. The van der Waals surface area contributed by atoms with E-state index in [9.17, 15) is 4.79 Å². The molecule has 2 aromatic carbocycles. The Balaban J connectivity index is 2.08. The molecule has 0 bridgehead atoms. The maximum atomic E-state index is 12.9. The van der Waals surface area contributed by atoms with Crippen LogP contribution in [0.2, 0.25) is 0 Å². The van der Waals surface area contributed by atoms with Gasteiger partial charge in [-0.2, -0.15) is 0 Å². The second-order valence-corrected chi connectivity index (χ2v) is 8.48. The van der Waals surface area contributed by atoms with Crippen LogP contribution in [0.3, 0.4) is 0 Å². The van der Waals surface area contributed by atoms with Crippen molar-refractivity contribution in [1.29, 1.82) is 0 Å². The first kappa shape index (κ1) is 20.4. The van der Waals surface area contributed by atoms with Crippen molar-refractivity contribution in [1.82, 2.24) is 0 Å². The summed E-state index contributed by atoms with van der Waals surface area (Å²) in [4.78, 5) is 12.9. The van der Waals surface area contributed by atoms with E-state index in [4.69, 9.17) is 9.47 Å². The third kappa shape index (κ3) is 5.53. The number of hydrogen-bond donors (Lipinski definition) is 0. The van der Waals surface area contributed by atoms with Gasteiger partial charge in [0.15, 0.2) is 5.78 Å². The molecule has 140 valence electrons. The first-order valence-corrected chi connectivity index (χ1v) is 10.1. The second kappa shape index (κ2) is 9.13. The van der Waals surface area contributed by atoms with Crippen LogP contribution in [0.4, 0.5) is 0 Å². The number of thioether (sulfide) groups is 1. The molecule has 26 heavy (non-hydrogen) atoms. The first-order valence-electron chi connectivity index (χ1n) is 9.01. The summed E-state index contributed by atoms with van der Waals surface area (Å²) in [6.45, 7) is 11.0. The Morgan fingerprint density at radius 1 is 0.923 bits per heavy atom. The fourth-order valence-electron chi connectivity index (χ4n) is 2.63. The van der Waals surface area contributed by atoms with Gasteiger partial charge in [0.05, 0.1) is 11.9 Å². The molecule has 0 N–H and O–H groups in total. The zero-order valence-corrected chi connectivity index (χ0v) is 17.1. The van der Waals surface area contributed by atoms with Gasteiger partial charge in [-0.1, -0.05) is 27.7 Å². The smallest absolute Gasteiger partial charge is 0.176 e. The quantitative estimate of drug-likeness (QED) is 0.515. The lowest BCUT2D eigenvalue weighted by Gasteiger charge is -2.28. The molecule has 2 aromatic rings. The summed E-state index contributed by atoms with van der Waals surface area (Å²) in [6.07, 6.45) is 0. The van der Waals surface area contributed by atoms with Gasteiger partial charge in [0.25, 0.3) is 0 Å². The van der Waals surface area contributed by atoms with Crippen molar-refractivity contribution in [2.75, 3.05) is 12.4 Å². The summed E-state index contributed by atoms with van der Waals surface area (Å²) in [6, 6.07) is 14.9. The number of ether oxygens (including phenoxy) is 2. The lowest BCUT2D eigenvalue weighted by atomic mass is 9.87. The van der Waals surface area contributed by atoms with Gasteiger partial charge in [-0.3, -0.25) is 4.79 Å². The lowest BCUT2D eigenvalue weighted by Crippen LogP contribution is -2.31. The van der Waals surface area contributed by atoms with Crippen LogP contribution in [-0.2, 0) is 0 Å². The second-order valence-electron chi connectivity index (χ2n) is 7.10. The van der Waals surface area contributed by atoms with Crippen molar-refractivity contribution in [2.45, 2.75) is 39.9 Å². The molecule has 0 heterocycles. The van der Waals surface area contributed by atoms with Crippen molar-refractivity contribution in [3.63, 3.8) is 0 Å². The van der Waals surface area contributed by atoms with Gasteiger partial charge < -0.3 is 9.47 Å². The van der Waals surface area contributed by atoms with Crippen molar-refractivity contribution in [2.24, 2.45) is 5.41 Å². The van der Waals surface area contributed by atoms with Crippen LogP contribution in [0.25, 0.3) is 0 Å². The van der Waals surface area contributed by atoms with Crippen LogP contribution in [0.1, 0.15) is 45.0 Å². The molecule has 4 heteroatoms. The minimum absolute atomic E-state index is 0.0506. The molecule has 2 rings (SSSR count). The Kier molecular flexibility index (Phi) is 7.15. The molecule has 0 fully saturated rings. The van der Waals surface area contributed by atoms with E-state index >= 15 is 0 Å². The summed E-state index contributed by atoms with van der Waals surface area (Å²) in [5, 5.41) is -0.0506. The number of rotatable bonds is 8. The monoisotopic (exact) mass is 372 g/mol. The standard InChI is InChI=1S/C22H28O3S/c1-6-24-17-12-14-19(15-13-17)25-18-10-8-16(9-11-18)20(23)21(26-7-2)22(3,4)5/h8-15,21H,6-7H2,1-5H3. The van der Waals surface area contributed by atoms with Crippen molar-refractivity contribution >= 4 is 17.5 Å². The van der Waals surface area contributed by atoms with E-state index in [1.807, 2.05) is 55.5 Å². The zero-order valence-electron chi connectivity index (χ0n) is 16.2. The molecule has 3 nitrogen and oxygen atoms in total. The predicted octanol–water partition coefficient (Wildman–Crippen LogP) is 6.23. The number of benzene rings is 2. The van der Waals surface area contributed by atoms with Crippen molar-refractivity contribution < 1.29 is 14.3 Å². The van der Waals surface area contributed by atoms with E-state index in [0.717, 1.165) is 22.8 Å². The Labute approximate surface area is 161 Å². The highest BCUT2D eigenvalue weighted by molar-refractivity contribution is 8.00. The van der Waals surface area contributed by atoms with E-state index in [0.29, 0.717) is 12.4 Å². The molecule has 0 saturated carbocycles. The van der Waals surface area contributed by atoms with Gasteiger partial charge in [-0.05, 0) is 66.6 Å². The third-order valence-electron chi connectivity index (χ3n) is 3.87. The van der Waals surface area contributed by atoms with Crippen LogP contribution in [0, 0.1) is 5.41 Å². The molecule has 0 aliphatic rings. The van der Waals surface area contributed by atoms with Crippen LogP contribution in [-0.4, -0.2) is 23.4 Å². The van der Waals surface area contributed by atoms with Gasteiger partial charge >= 0.3 is 0 Å². The Bertz CT molecular complexity index is 700. The molecular formula is C22H28O3S. The maximum Gasteiger partial charge on any atom is 0.176 e. The van der Waals surface area contributed by atoms with Gasteiger partial charge in [-0.15, -0.1) is 11.8 Å². The Morgan fingerprint density at radius 2 is 1.42 bits per heavy atom. The van der Waals surface area contributed by atoms with Gasteiger partial charge in [-0.25, -0.2) is 0 Å². The van der Waals surface area contributed by atoms with Gasteiger partial charge in [0.2, 0.25) is 0 Å². The van der Waals surface area contributed by atoms with E-state index in [2.05, 4.69) is 27.7 Å². The summed E-state index contributed by atoms with van der Waals surface area (Å²) in [5.74, 6) is 3.37. The van der Waals surface area contributed by atoms with E-state index in [1.54, 1.807) is 11.8 Å². The summed E-state index contributed by atoms with van der Waals surface area (Å²) in [7, 11) is 0. The molecule has 0 amide bonds. The SMILES string of the molecule is CCOc1ccc(Oc2ccc(C(=O)C(SCC)C(C)(C)C)cc2)cc1. The van der Waals surface area contributed by atoms with Gasteiger partial charge in [0, 0.05) is 5.56 Å². The normalized spacial score (nSPS) is 12.5. The van der Waals surface area contributed by atoms with Crippen molar-refractivity contribution in [3.8, 4) is 17.2 Å². The molecule has 1 atom stereocenters. The molecule has 0 spiro atoms. The van der Waals surface area contributed by atoms with Crippen LogP contribution in [0.5, 0.6) is 17.2 Å². The number of carbonyl (C=O) groups excluding carboxylic acids is 1. The number of ketones is 1. The summed E-state index contributed by atoms with van der Waals surface area (Å²) < 4.78 is 11.3. The molecule has 0 radical (unpaired) electrons. The highest BCUT2D eigenvalue weighted by Gasteiger charge is 2.31. The van der Waals surface area contributed by atoms with Crippen molar-refractivity contribution in [3.05, 3.63) is 54.1 Å². The molecular weight excluding hydrogens is 344 g/mol. The van der Waals surface area contributed by atoms with E-state index in [-0.39, 0.29) is 16.4 Å². The molecule has 1 unspecified atom stereocenters. The largest absolute Gasteiger partial charge is 0.494 e. The van der Waals surface area contributed by atoms with Crippen LogP contribution >= 0.6 is 11.8 Å². The Hall–Kier alpha value is -1.94.